The Balaban J connectivity index is 3.77. The third-order valence-corrected chi connectivity index (χ3v) is 2.60. The molecule has 0 spiro atoms. The molecule has 0 amide bonds. The van der Waals surface area contributed by atoms with E-state index in [9.17, 15) is 4.79 Å². The van der Waals surface area contributed by atoms with E-state index in [0.717, 1.165) is 25.0 Å². The lowest BCUT2D eigenvalue weighted by Crippen LogP contribution is -2.10. The number of Topliss-reactive ketones (excluding diaryl/α,β-unsaturated/α-hetero) is 1. The minimum Gasteiger partial charge on any atom is -0.330 e. The molecule has 0 aromatic rings. The van der Waals surface area contributed by atoms with E-state index in [0.29, 0.717) is 24.5 Å². The van der Waals surface area contributed by atoms with Crippen molar-refractivity contribution in [3.05, 3.63) is 12.2 Å². The van der Waals surface area contributed by atoms with Gasteiger partial charge in [-0.25, -0.2) is 0 Å². The molecule has 0 fully saturated rings. The van der Waals surface area contributed by atoms with Crippen molar-refractivity contribution >= 4 is 5.78 Å². The third kappa shape index (κ3) is 8.37. The van der Waals surface area contributed by atoms with E-state index in [1.807, 2.05) is 6.92 Å². The lowest BCUT2D eigenvalue weighted by Gasteiger charge is -2.14. The lowest BCUT2D eigenvalue weighted by atomic mass is 9.92. The molecule has 0 rings (SSSR count). The van der Waals surface area contributed by atoms with E-state index >= 15 is 0 Å². The highest BCUT2D eigenvalue weighted by Crippen LogP contribution is 2.18. The Morgan fingerprint density at radius 2 is 2.00 bits per heavy atom. The minimum absolute atomic E-state index is 0.320. The summed E-state index contributed by atoms with van der Waals surface area (Å²) >= 11 is 0. The van der Waals surface area contributed by atoms with E-state index < -0.39 is 0 Å². The van der Waals surface area contributed by atoms with Crippen LogP contribution in [0.25, 0.3) is 0 Å². The van der Waals surface area contributed by atoms with Crippen molar-refractivity contribution in [2.24, 2.45) is 11.7 Å². The van der Waals surface area contributed by atoms with Crippen LogP contribution in [0.3, 0.4) is 0 Å². The molecule has 1 unspecified atom stereocenters. The summed E-state index contributed by atoms with van der Waals surface area (Å²) in [6.45, 7) is 8.57. The molecule has 0 heterocycles. The van der Waals surface area contributed by atoms with Gasteiger partial charge < -0.3 is 5.73 Å². The van der Waals surface area contributed by atoms with Crippen LogP contribution in [0.15, 0.2) is 12.2 Å². The number of rotatable bonds is 9. The Kier molecular flexibility index (Phi) is 8.30. The number of nitrogens with two attached hydrogens (primary N) is 1. The van der Waals surface area contributed by atoms with Crippen molar-refractivity contribution in [1.29, 1.82) is 0 Å². The summed E-state index contributed by atoms with van der Waals surface area (Å²) < 4.78 is 0. The Labute approximate surface area is 93.9 Å². The second kappa shape index (κ2) is 8.66. The second-order valence-corrected chi connectivity index (χ2v) is 4.44. The van der Waals surface area contributed by atoms with Crippen LogP contribution in [0, 0.1) is 5.92 Å². The van der Waals surface area contributed by atoms with Gasteiger partial charge in [-0.1, -0.05) is 31.9 Å². The highest BCUT2D eigenvalue weighted by molar-refractivity contribution is 5.80. The van der Waals surface area contributed by atoms with Gasteiger partial charge in [0.2, 0.25) is 0 Å². The van der Waals surface area contributed by atoms with Gasteiger partial charge in [0.15, 0.2) is 0 Å². The highest BCUT2D eigenvalue weighted by atomic mass is 16.1. The van der Waals surface area contributed by atoms with Gasteiger partial charge in [-0.15, -0.1) is 0 Å². The molecular weight excluding hydrogens is 186 g/mol. The van der Waals surface area contributed by atoms with Crippen molar-refractivity contribution in [2.75, 3.05) is 6.54 Å². The third-order valence-electron chi connectivity index (χ3n) is 2.60. The molecule has 0 aliphatic rings. The van der Waals surface area contributed by atoms with Crippen LogP contribution in [0.2, 0.25) is 0 Å². The average Bonchev–Trinajstić information content (AvgIpc) is 2.14. The average molecular weight is 211 g/mol. The molecule has 2 nitrogen and oxygen atoms in total. The molecule has 0 aromatic heterocycles. The highest BCUT2D eigenvalue weighted by Gasteiger charge is 2.09. The van der Waals surface area contributed by atoms with Crippen LogP contribution in [0.4, 0.5) is 0 Å². The molecule has 0 bridgehead atoms. The van der Waals surface area contributed by atoms with Crippen LogP contribution in [-0.2, 0) is 4.79 Å². The first-order chi connectivity index (χ1) is 7.10. The fourth-order valence-electron chi connectivity index (χ4n) is 1.87. The van der Waals surface area contributed by atoms with Crippen LogP contribution >= 0.6 is 0 Å². The Morgan fingerprint density at radius 1 is 1.33 bits per heavy atom. The quantitative estimate of drug-likeness (QED) is 0.596. The Hall–Kier alpha value is -0.630. The smallest absolute Gasteiger partial charge is 0.136 e. The van der Waals surface area contributed by atoms with Gasteiger partial charge in [0.05, 0.1) is 0 Å². The molecule has 0 aromatic carbocycles. The minimum atomic E-state index is 0.320. The maximum Gasteiger partial charge on any atom is 0.136 e. The molecular formula is C13H25NO. The number of carbonyl (C=O) groups excluding carboxylic acids is 1. The normalized spacial score (nSPS) is 12.5. The largest absolute Gasteiger partial charge is 0.330 e. The number of allylic oxidation sites excluding steroid dienone is 1. The summed E-state index contributed by atoms with van der Waals surface area (Å²) in [6.07, 6.45) is 5.65. The van der Waals surface area contributed by atoms with E-state index in [1.165, 1.54) is 12.8 Å². The van der Waals surface area contributed by atoms with Gasteiger partial charge in [0.25, 0.3) is 0 Å². The van der Waals surface area contributed by atoms with Crippen LogP contribution < -0.4 is 5.73 Å². The SMILES string of the molecule is C=C(C)CC(=O)CCC(CCC)CCN. The molecule has 1 atom stereocenters. The van der Waals surface area contributed by atoms with Crippen molar-refractivity contribution in [2.45, 2.75) is 52.4 Å². The molecule has 0 radical (unpaired) electrons. The summed E-state index contributed by atoms with van der Waals surface area (Å²) in [6, 6.07) is 0. The zero-order valence-electron chi connectivity index (χ0n) is 10.2. The maximum absolute atomic E-state index is 11.5. The molecule has 15 heavy (non-hydrogen) atoms. The summed E-state index contributed by atoms with van der Waals surface area (Å²) in [5.41, 5.74) is 6.51. The van der Waals surface area contributed by atoms with E-state index in [2.05, 4.69) is 13.5 Å². The van der Waals surface area contributed by atoms with Crippen LogP contribution in [0.1, 0.15) is 52.4 Å². The zero-order valence-corrected chi connectivity index (χ0v) is 10.2. The first-order valence-corrected chi connectivity index (χ1v) is 5.96. The summed E-state index contributed by atoms with van der Waals surface area (Å²) in [4.78, 5) is 11.5. The zero-order chi connectivity index (χ0) is 11.7. The molecule has 0 saturated heterocycles. The van der Waals surface area contributed by atoms with Crippen molar-refractivity contribution in [3.63, 3.8) is 0 Å². The maximum atomic E-state index is 11.5. The Bertz CT molecular complexity index is 193. The van der Waals surface area contributed by atoms with Crippen molar-refractivity contribution in [3.8, 4) is 0 Å². The van der Waals surface area contributed by atoms with Gasteiger partial charge in [-0.2, -0.15) is 0 Å². The van der Waals surface area contributed by atoms with Crippen molar-refractivity contribution in [1.82, 2.24) is 0 Å². The monoisotopic (exact) mass is 211 g/mol. The van der Waals surface area contributed by atoms with Crippen molar-refractivity contribution < 1.29 is 4.79 Å². The van der Waals surface area contributed by atoms with E-state index in [-0.39, 0.29) is 0 Å². The molecule has 0 aliphatic heterocycles. The predicted octanol–water partition coefficient (Wildman–Crippen LogP) is 3.07. The van der Waals surface area contributed by atoms with Gasteiger partial charge in [0, 0.05) is 12.8 Å². The predicted molar refractivity (Wildman–Crippen MR) is 65.7 cm³/mol. The fourth-order valence-corrected chi connectivity index (χ4v) is 1.87. The number of carbonyl (C=O) groups is 1. The Morgan fingerprint density at radius 3 is 2.47 bits per heavy atom. The summed E-state index contributed by atoms with van der Waals surface area (Å²) in [5.74, 6) is 0.953. The number of hydrogen-bond acceptors (Lipinski definition) is 2. The number of ketones is 1. The lowest BCUT2D eigenvalue weighted by molar-refractivity contribution is -0.118. The van der Waals surface area contributed by atoms with Crippen LogP contribution in [0.5, 0.6) is 0 Å². The number of hydrogen-bond donors (Lipinski definition) is 1. The fraction of sp³-hybridized carbons (Fsp3) is 0.769. The van der Waals surface area contributed by atoms with Crippen LogP contribution in [-0.4, -0.2) is 12.3 Å². The topological polar surface area (TPSA) is 43.1 Å². The summed E-state index contributed by atoms with van der Waals surface area (Å²) in [5, 5.41) is 0. The van der Waals surface area contributed by atoms with E-state index in [4.69, 9.17) is 5.73 Å². The van der Waals surface area contributed by atoms with Gasteiger partial charge in [-0.05, 0) is 32.2 Å². The molecule has 0 aliphatic carbocycles. The van der Waals surface area contributed by atoms with Gasteiger partial charge in [-0.3, -0.25) is 4.79 Å². The molecule has 88 valence electrons. The van der Waals surface area contributed by atoms with E-state index in [1.54, 1.807) is 0 Å². The second-order valence-electron chi connectivity index (χ2n) is 4.44. The standard InChI is InChI=1S/C13H25NO/c1-4-5-12(8-9-14)6-7-13(15)10-11(2)3/h12H,2,4-10,14H2,1,3H3. The first-order valence-electron chi connectivity index (χ1n) is 5.96. The van der Waals surface area contributed by atoms with Gasteiger partial charge >= 0.3 is 0 Å². The molecule has 0 saturated carbocycles. The summed E-state index contributed by atoms with van der Waals surface area (Å²) in [7, 11) is 0. The molecule has 2 N–H and O–H groups in total. The van der Waals surface area contributed by atoms with Gasteiger partial charge in [0.1, 0.15) is 5.78 Å². The molecule has 2 heteroatoms. The first kappa shape index (κ1) is 14.4.